The molecule has 1 aliphatic carbocycles. The average Bonchev–Trinajstić information content (AvgIpc) is 3.31. The topological polar surface area (TPSA) is 75.2 Å². The number of ether oxygens (including phenoxy) is 3. The second-order valence-corrected chi connectivity index (χ2v) is 7.27. The molecule has 5 unspecified atom stereocenters. The van der Waals surface area contributed by atoms with Gasteiger partial charge in [0.05, 0.1) is 24.3 Å². The lowest BCUT2D eigenvalue weighted by Crippen LogP contribution is -2.56. The Labute approximate surface area is 125 Å². The normalized spacial score (nSPS) is 45.5. The highest BCUT2D eigenvalue weighted by atomic mass is 16.6. The van der Waals surface area contributed by atoms with Crippen LogP contribution in [0.1, 0.15) is 40.0 Å². The molecule has 3 rings (SSSR count). The molecule has 5 nitrogen and oxygen atoms in total. The number of hydrogen-bond acceptors (Lipinski definition) is 5. The van der Waals surface area contributed by atoms with Crippen LogP contribution in [0, 0.1) is 17.2 Å². The molecule has 5 atom stereocenters. The summed E-state index contributed by atoms with van der Waals surface area (Å²) in [7, 11) is 1.54. The van der Waals surface area contributed by atoms with Crippen LogP contribution in [-0.2, 0) is 19.0 Å². The molecule has 0 aromatic heterocycles. The molecule has 0 amide bonds. The van der Waals surface area contributed by atoms with Crippen molar-refractivity contribution in [1.29, 1.82) is 5.41 Å². The number of rotatable bonds is 5. The molecule has 3 fully saturated rings. The number of epoxide rings is 2. The first-order valence-corrected chi connectivity index (χ1v) is 7.80. The van der Waals surface area contributed by atoms with Gasteiger partial charge in [-0.15, -0.1) is 0 Å². The summed E-state index contributed by atoms with van der Waals surface area (Å²) in [5.74, 6) is 0.334. The highest BCUT2D eigenvalue weighted by molar-refractivity contribution is 6.41. The summed E-state index contributed by atoms with van der Waals surface area (Å²) in [6.07, 6.45) is 2.07. The van der Waals surface area contributed by atoms with Crippen LogP contribution < -0.4 is 0 Å². The third kappa shape index (κ3) is 2.35. The van der Waals surface area contributed by atoms with E-state index in [-0.39, 0.29) is 29.1 Å². The number of ketones is 1. The molecular weight excluding hydrogens is 270 g/mol. The molecule has 1 saturated carbocycles. The summed E-state index contributed by atoms with van der Waals surface area (Å²) >= 11 is 0. The van der Waals surface area contributed by atoms with Crippen LogP contribution in [0.4, 0.5) is 0 Å². The molecule has 2 saturated heterocycles. The largest absolute Gasteiger partial charge is 0.373 e. The van der Waals surface area contributed by atoms with Crippen LogP contribution in [0.25, 0.3) is 0 Å². The molecule has 0 radical (unpaired) electrons. The monoisotopic (exact) mass is 295 g/mol. The molecule has 2 heterocycles. The van der Waals surface area contributed by atoms with E-state index in [2.05, 4.69) is 20.8 Å². The van der Waals surface area contributed by atoms with Crippen LogP contribution in [0.15, 0.2) is 0 Å². The van der Waals surface area contributed by atoms with E-state index in [9.17, 15) is 4.79 Å². The van der Waals surface area contributed by atoms with Crippen LogP contribution >= 0.6 is 0 Å². The van der Waals surface area contributed by atoms with Gasteiger partial charge in [-0.2, -0.15) is 0 Å². The van der Waals surface area contributed by atoms with Gasteiger partial charge in [-0.05, 0) is 25.7 Å². The third-order valence-corrected chi connectivity index (χ3v) is 5.27. The number of carbonyl (C=O) groups excluding carboxylic acids is 1. The van der Waals surface area contributed by atoms with Gasteiger partial charge in [0.1, 0.15) is 17.3 Å². The van der Waals surface area contributed by atoms with Crippen molar-refractivity contribution < 1.29 is 19.0 Å². The Morgan fingerprint density at radius 1 is 1.48 bits per heavy atom. The second kappa shape index (κ2) is 4.86. The van der Waals surface area contributed by atoms with E-state index in [4.69, 9.17) is 19.6 Å². The Morgan fingerprint density at radius 2 is 2.14 bits per heavy atom. The zero-order chi connectivity index (χ0) is 15.4. The van der Waals surface area contributed by atoms with Crippen LogP contribution in [-0.4, -0.2) is 48.6 Å². The fraction of sp³-hybridized carbons (Fsp3) is 0.875. The first-order chi connectivity index (χ1) is 9.84. The Morgan fingerprint density at radius 3 is 2.67 bits per heavy atom. The fourth-order valence-electron chi connectivity index (χ4n) is 3.91. The summed E-state index contributed by atoms with van der Waals surface area (Å²) in [5, 5.41) is 7.88. The van der Waals surface area contributed by atoms with Crippen molar-refractivity contribution in [2.75, 3.05) is 13.7 Å². The van der Waals surface area contributed by atoms with E-state index in [1.54, 1.807) is 7.11 Å². The quantitative estimate of drug-likeness (QED) is 0.787. The zero-order valence-corrected chi connectivity index (χ0v) is 13.3. The van der Waals surface area contributed by atoms with E-state index >= 15 is 0 Å². The molecule has 118 valence electrons. The molecule has 2 aliphatic heterocycles. The van der Waals surface area contributed by atoms with Crippen molar-refractivity contribution in [3.63, 3.8) is 0 Å². The molecule has 0 aromatic carbocycles. The van der Waals surface area contributed by atoms with E-state index in [1.807, 2.05) is 0 Å². The maximum absolute atomic E-state index is 12.3. The highest BCUT2D eigenvalue weighted by Crippen LogP contribution is 2.58. The standard InChI is InChI=1S/C16H25NO4/c1-9(2)5-6-11-15(3,21-11)14-13(19-4)12(18)10(17)7-16(14)8-20-16/h9,11,13-14,17H,5-8H2,1-4H3. The Kier molecular flexibility index (Phi) is 3.50. The Balaban J connectivity index is 1.79. The molecule has 5 heteroatoms. The molecule has 1 N–H and O–H groups in total. The lowest BCUT2D eigenvalue weighted by Gasteiger charge is -2.37. The van der Waals surface area contributed by atoms with Gasteiger partial charge in [-0.3, -0.25) is 4.79 Å². The number of Topliss-reactive ketones (excluding diaryl/α,β-unsaturated/α-hetero) is 1. The first-order valence-electron chi connectivity index (χ1n) is 7.80. The van der Waals surface area contributed by atoms with Crippen molar-refractivity contribution in [2.24, 2.45) is 11.8 Å². The van der Waals surface area contributed by atoms with E-state index < -0.39 is 11.7 Å². The maximum atomic E-state index is 12.3. The van der Waals surface area contributed by atoms with Crippen molar-refractivity contribution in [1.82, 2.24) is 0 Å². The predicted octanol–water partition coefficient (Wildman–Crippen LogP) is 1.97. The van der Waals surface area contributed by atoms with Crippen molar-refractivity contribution in [3.8, 4) is 0 Å². The van der Waals surface area contributed by atoms with E-state index in [0.717, 1.165) is 12.8 Å². The van der Waals surface area contributed by atoms with Gasteiger partial charge in [0.2, 0.25) is 5.78 Å². The molecular formula is C16H25NO4. The fourth-order valence-corrected chi connectivity index (χ4v) is 3.91. The smallest absolute Gasteiger partial charge is 0.205 e. The number of nitrogens with one attached hydrogen (secondary N) is 1. The number of methoxy groups -OCH3 is 1. The summed E-state index contributed by atoms with van der Waals surface area (Å²) in [4.78, 5) is 12.3. The van der Waals surface area contributed by atoms with Crippen molar-refractivity contribution in [3.05, 3.63) is 0 Å². The summed E-state index contributed by atoms with van der Waals surface area (Å²) in [6.45, 7) is 7.08. The first kappa shape index (κ1) is 15.1. The maximum Gasteiger partial charge on any atom is 0.205 e. The number of hydrogen-bond donors (Lipinski definition) is 1. The minimum absolute atomic E-state index is 0.103. The van der Waals surface area contributed by atoms with Gasteiger partial charge in [0.15, 0.2) is 0 Å². The number of carbonyl (C=O) groups is 1. The van der Waals surface area contributed by atoms with Crippen molar-refractivity contribution >= 4 is 11.5 Å². The van der Waals surface area contributed by atoms with Crippen molar-refractivity contribution in [2.45, 2.75) is 63.4 Å². The second-order valence-electron chi connectivity index (χ2n) is 7.27. The Hall–Kier alpha value is -0.780. The molecule has 0 aromatic rings. The highest BCUT2D eigenvalue weighted by Gasteiger charge is 2.72. The minimum Gasteiger partial charge on any atom is -0.373 e. The van der Waals surface area contributed by atoms with Gasteiger partial charge < -0.3 is 19.6 Å². The zero-order valence-electron chi connectivity index (χ0n) is 13.3. The Bertz CT molecular complexity index is 471. The summed E-state index contributed by atoms with van der Waals surface area (Å²) in [6, 6.07) is 0. The molecule has 3 aliphatic rings. The van der Waals surface area contributed by atoms with Gasteiger partial charge >= 0.3 is 0 Å². The van der Waals surface area contributed by atoms with Gasteiger partial charge in [0, 0.05) is 13.5 Å². The SMILES string of the molecule is COC1C(=O)C(=N)CC2(CO2)C1C1(C)OC1CCC(C)C. The minimum atomic E-state index is -0.609. The lowest BCUT2D eigenvalue weighted by molar-refractivity contribution is -0.132. The van der Waals surface area contributed by atoms with Gasteiger partial charge in [0.25, 0.3) is 0 Å². The van der Waals surface area contributed by atoms with Crippen LogP contribution in [0.2, 0.25) is 0 Å². The summed E-state index contributed by atoms with van der Waals surface area (Å²) < 4.78 is 17.1. The van der Waals surface area contributed by atoms with E-state index in [1.165, 1.54) is 0 Å². The predicted molar refractivity (Wildman–Crippen MR) is 77.7 cm³/mol. The average molecular weight is 295 g/mol. The molecule has 0 bridgehead atoms. The van der Waals surface area contributed by atoms with Gasteiger partial charge in [-0.25, -0.2) is 0 Å². The van der Waals surface area contributed by atoms with Crippen LogP contribution in [0.3, 0.4) is 0 Å². The molecule has 21 heavy (non-hydrogen) atoms. The molecule has 1 spiro atoms. The lowest BCUT2D eigenvalue weighted by atomic mass is 9.68. The van der Waals surface area contributed by atoms with E-state index in [0.29, 0.717) is 18.9 Å². The summed E-state index contributed by atoms with van der Waals surface area (Å²) in [5.41, 5.74) is -0.645. The third-order valence-electron chi connectivity index (χ3n) is 5.27. The van der Waals surface area contributed by atoms with Gasteiger partial charge in [-0.1, -0.05) is 13.8 Å². The van der Waals surface area contributed by atoms with Crippen LogP contribution in [0.5, 0.6) is 0 Å².